The maximum absolute atomic E-state index is 12.3. The molecule has 0 atom stereocenters. The van der Waals surface area contributed by atoms with Crippen LogP contribution in [0.3, 0.4) is 0 Å². The fourth-order valence-corrected chi connectivity index (χ4v) is 4.12. The highest BCUT2D eigenvalue weighted by molar-refractivity contribution is 5.97. The lowest BCUT2D eigenvalue weighted by Crippen LogP contribution is -2.46. The van der Waals surface area contributed by atoms with Gasteiger partial charge in [-0.3, -0.25) is 14.5 Å². The number of aromatic nitrogens is 3. The molecule has 3 aromatic rings. The van der Waals surface area contributed by atoms with E-state index < -0.39 is 0 Å². The number of amides is 1. The minimum absolute atomic E-state index is 0.142. The Morgan fingerprint density at radius 3 is 2.55 bits per heavy atom. The molecule has 1 amide bonds. The molecule has 1 fully saturated rings. The molecule has 0 saturated carbocycles. The van der Waals surface area contributed by atoms with Gasteiger partial charge in [-0.15, -0.1) is 0 Å². The molecule has 0 bridgehead atoms. The predicted molar refractivity (Wildman–Crippen MR) is 122 cm³/mol. The van der Waals surface area contributed by atoms with Crippen molar-refractivity contribution in [1.29, 1.82) is 0 Å². The number of pyridine rings is 1. The molecule has 8 nitrogen and oxygen atoms in total. The molecule has 2 N–H and O–H groups in total. The Hall–Kier alpha value is -3.26. The number of nitrogens with one attached hydrogen (secondary N) is 2. The first-order chi connectivity index (χ1) is 14.9. The molecular formula is C23H28N6O2. The molecule has 0 unspecified atom stereocenters. The van der Waals surface area contributed by atoms with Crippen LogP contribution in [0.2, 0.25) is 0 Å². The number of piperazine rings is 1. The summed E-state index contributed by atoms with van der Waals surface area (Å²) in [6.45, 7) is 9.83. The molecular weight excluding hydrogens is 392 g/mol. The van der Waals surface area contributed by atoms with Gasteiger partial charge < -0.3 is 15.2 Å². The standard InChI is InChI=1S/C23H28N6O2/c1-14-11-17(12-18-20(14)26-16(3)22(30)27-18)13-28-7-9-29(10-8-28)19-6-5-15(2)25-21(19)23(31)24-4/h5-6,11-12H,7-10,13H2,1-4H3,(H,24,31)(H,27,30). The fraction of sp³-hybridized carbons (Fsp3) is 0.391. The van der Waals surface area contributed by atoms with E-state index in [0.29, 0.717) is 11.4 Å². The molecule has 1 aromatic carbocycles. The van der Waals surface area contributed by atoms with Gasteiger partial charge in [0.2, 0.25) is 0 Å². The van der Waals surface area contributed by atoms with Crippen LogP contribution in [0.1, 0.15) is 33.0 Å². The van der Waals surface area contributed by atoms with Gasteiger partial charge in [-0.1, -0.05) is 6.07 Å². The Morgan fingerprint density at radius 2 is 1.84 bits per heavy atom. The zero-order chi connectivity index (χ0) is 22.1. The van der Waals surface area contributed by atoms with Gasteiger partial charge in [0.05, 0.1) is 16.7 Å². The number of hydrogen-bond acceptors (Lipinski definition) is 6. The van der Waals surface area contributed by atoms with Gasteiger partial charge in [0.15, 0.2) is 5.69 Å². The number of carbonyl (C=O) groups excluding carboxylic acids is 1. The summed E-state index contributed by atoms with van der Waals surface area (Å²) in [7, 11) is 1.63. The minimum atomic E-state index is -0.161. The van der Waals surface area contributed by atoms with Crippen LogP contribution in [-0.2, 0) is 6.54 Å². The van der Waals surface area contributed by atoms with Crippen molar-refractivity contribution in [3.05, 3.63) is 62.8 Å². The second kappa shape index (κ2) is 8.47. The van der Waals surface area contributed by atoms with Crippen molar-refractivity contribution < 1.29 is 4.79 Å². The average Bonchev–Trinajstić information content (AvgIpc) is 2.75. The van der Waals surface area contributed by atoms with Gasteiger partial charge in [-0.25, -0.2) is 9.97 Å². The van der Waals surface area contributed by atoms with Gasteiger partial charge in [0, 0.05) is 45.5 Å². The number of carbonyl (C=O) groups is 1. The van der Waals surface area contributed by atoms with E-state index in [2.05, 4.69) is 36.1 Å². The Balaban J connectivity index is 1.48. The van der Waals surface area contributed by atoms with E-state index in [1.54, 1.807) is 14.0 Å². The van der Waals surface area contributed by atoms with Crippen molar-refractivity contribution in [1.82, 2.24) is 25.2 Å². The van der Waals surface area contributed by atoms with E-state index in [0.717, 1.165) is 66.3 Å². The maximum Gasteiger partial charge on any atom is 0.271 e. The molecule has 1 aliphatic rings. The second-order valence-corrected chi connectivity index (χ2v) is 8.12. The van der Waals surface area contributed by atoms with Gasteiger partial charge in [0.25, 0.3) is 11.5 Å². The van der Waals surface area contributed by atoms with E-state index in [1.807, 2.05) is 32.0 Å². The highest BCUT2D eigenvalue weighted by Crippen LogP contribution is 2.23. The summed E-state index contributed by atoms with van der Waals surface area (Å²) in [6.07, 6.45) is 0. The van der Waals surface area contributed by atoms with Crippen LogP contribution < -0.4 is 15.8 Å². The number of anilines is 1. The van der Waals surface area contributed by atoms with Crippen molar-refractivity contribution in [2.45, 2.75) is 27.3 Å². The smallest absolute Gasteiger partial charge is 0.271 e. The molecule has 8 heteroatoms. The van der Waals surface area contributed by atoms with E-state index in [9.17, 15) is 9.59 Å². The number of benzene rings is 1. The number of hydrogen-bond donors (Lipinski definition) is 2. The molecule has 3 heterocycles. The van der Waals surface area contributed by atoms with E-state index in [4.69, 9.17) is 0 Å². The third kappa shape index (κ3) is 4.29. The van der Waals surface area contributed by atoms with Gasteiger partial charge >= 0.3 is 0 Å². The summed E-state index contributed by atoms with van der Waals surface area (Å²) < 4.78 is 0. The second-order valence-electron chi connectivity index (χ2n) is 8.12. The molecule has 0 aliphatic carbocycles. The van der Waals surface area contributed by atoms with Crippen LogP contribution >= 0.6 is 0 Å². The number of aromatic amines is 1. The van der Waals surface area contributed by atoms with Crippen LogP contribution in [0.15, 0.2) is 29.1 Å². The lowest BCUT2D eigenvalue weighted by Gasteiger charge is -2.36. The van der Waals surface area contributed by atoms with Crippen molar-refractivity contribution >= 4 is 22.6 Å². The summed E-state index contributed by atoms with van der Waals surface area (Å²) in [6, 6.07) is 8.10. The highest BCUT2D eigenvalue weighted by Gasteiger charge is 2.22. The molecule has 1 aliphatic heterocycles. The zero-order valence-electron chi connectivity index (χ0n) is 18.5. The molecule has 2 aromatic heterocycles. The number of nitrogens with zero attached hydrogens (tertiary/aromatic N) is 4. The summed E-state index contributed by atoms with van der Waals surface area (Å²) in [5.41, 5.74) is 6.38. The summed E-state index contributed by atoms with van der Waals surface area (Å²) in [5.74, 6) is -0.161. The van der Waals surface area contributed by atoms with E-state index in [-0.39, 0.29) is 11.5 Å². The van der Waals surface area contributed by atoms with Crippen molar-refractivity contribution in [3.8, 4) is 0 Å². The lowest BCUT2D eigenvalue weighted by atomic mass is 10.1. The topological polar surface area (TPSA) is 94.2 Å². The number of H-pyrrole nitrogens is 1. The predicted octanol–water partition coefficient (Wildman–Crippen LogP) is 1.93. The number of rotatable bonds is 4. The normalized spacial score (nSPS) is 14.8. The van der Waals surface area contributed by atoms with Crippen LogP contribution in [0.4, 0.5) is 5.69 Å². The van der Waals surface area contributed by atoms with Gasteiger partial charge in [-0.05, 0) is 50.1 Å². The number of aryl methyl sites for hydroxylation is 3. The fourth-order valence-electron chi connectivity index (χ4n) is 4.12. The van der Waals surface area contributed by atoms with E-state index in [1.165, 1.54) is 0 Å². The van der Waals surface area contributed by atoms with Crippen LogP contribution in [0.5, 0.6) is 0 Å². The lowest BCUT2D eigenvalue weighted by molar-refractivity contribution is 0.0958. The zero-order valence-corrected chi connectivity index (χ0v) is 18.5. The molecule has 0 spiro atoms. The average molecular weight is 421 g/mol. The highest BCUT2D eigenvalue weighted by atomic mass is 16.1. The quantitative estimate of drug-likeness (QED) is 0.670. The largest absolute Gasteiger partial charge is 0.367 e. The summed E-state index contributed by atoms with van der Waals surface area (Å²) in [5, 5.41) is 2.69. The van der Waals surface area contributed by atoms with Crippen molar-refractivity contribution in [2.75, 3.05) is 38.1 Å². The molecule has 162 valence electrons. The van der Waals surface area contributed by atoms with Gasteiger partial charge in [0.1, 0.15) is 5.69 Å². The minimum Gasteiger partial charge on any atom is -0.367 e. The molecule has 31 heavy (non-hydrogen) atoms. The third-order valence-electron chi connectivity index (χ3n) is 5.79. The van der Waals surface area contributed by atoms with Crippen LogP contribution in [0.25, 0.3) is 11.0 Å². The summed E-state index contributed by atoms with van der Waals surface area (Å²) in [4.78, 5) is 40.7. The molecule has 4 rings (SSSR count). The first-order valence-electron chi connectivity index (χ1n) is 10.5. The number of fused-ring (bicyclic) bond motifs is 1. The van der Waals surface area contributed by atoms with Gasteiger partial charge in [-0.2, -0.15) is 0 Å². The Morgan fingerprint density at radius 1 is 1.10 bits per heavy atom. The first kappa shape index (κ1) is 21.0. The SMILES string of the molecule is CNC(=O)c1nc(C)ccc1N1CCN(Cc2cc(C)c3nc(C)c(=O)[nH]c3c2)CC1. The first-order valence-corrected chi connectivity index (χ1v) is 10.5. The summed E-state index contributed by atoms with van der Waals surface area (Å²) >= 11 is 0. The van der Waals surface area contributed by atoms with Crippen LogP contribution in [-0.4, -0.2) is 59.0 Å². The molecule has 0 radical (unpaired) electrons. The Bertz CT molecular complexity index is 1190. The molecule has 1 saturated heterocycles. The van der Waals surface area contributed by atoms with Crippen LogP contribution in [0, 0.1) is 20.8 Å². The van der Waals surface area contributed by atoms with E-state index >= 15 is 0 Å². The van der Waals surface area contributed by atoms with Crippen molar-refractivity contribution in [2.24, 2.45) is 0 Å². The van der Waals surface area contributed by atoms with Crippen molar-refractivity contribution in [3.63, 3.8) is 0 Å². The third-order valence-corrected chi connectivity index (χ3v) is 5.79. The maximum atomic E-state index is 12.3. The monoisotopic (exact) mass is 420 g/mol. The Kier molecular flexibility index (Phi) is 5.73. The Labute approximate surface area is 181 Å².